The minimum atomic E-state index is 0.114. The molecule has 100 valence electrons. The molecule has 1 heterocycles. The summed E-state index contributed by atoms with van der Waals surface area (Å²) in [6.07, 6.45) is 0. The third kappa shape index (κ3) is 3.35. The summed E-state index contributed by atoms with van der Waals surface area (Å²) >= 11 is 23.7. The average molecular weight is 339 g/mol. The van der Waals surface area contributed by atoms with Crippen molar-refractivity contribution < 1.29 is 4.74 Å². The van der Waals surface area contributed by atoms with Crippen molar-refractivity contribution in [3.8, 4) is 11.6 Å². The van der Waals surface area contributed by atoms with Gasteiger partial charge in [0, 0.05) is 11.1 Å². The minimum absolute atomic E-state index is 0.114. The van der Waals surface area contributed by atoms with E-state index in [0.717, 1.165) is 0 Å². The number of nitrogens with two attached hydrogens (primary N) is 1. The number of aromatic nitrogens is 1. The zero-order chi connectivity index (χ0) is 14.0. The Kier molecular flexibility index (Phi) is 4.60. The molecule has 2 rings (SSSR count). The van der Waals surface area contributed by atoms with Crippen molar-refractivity contribution in [1.29, 1.82) is 0 Å². The summed E-state index contributed by atoms with van der Waals surface area (Å²) in [5.41, 5.74) is 2.33. The molecule has 0 amide bonds. The van der Waals surface area contributed by atoms with Gasteiger partial charge in [0.2, 0.25) is 5.88 Å². The first-order valence-electron chi connectivity index (χ1n) is 4.97. The van der Waals surface area contributed by atoms with Crippen molar-refractivity contribution in [3.63, 3.8) is 0 Å². The Morgan fingerprint density at radius 1 is 1.00 bits per heavy atom. The van der Waals surface area contributed by atoms with E-state index in [1.807, 2.05) is 0 Å². The van der Waals surface area contributed by atoms with Crippen LogP contribution in [0.1, 0.15) is 0 Å². The number of nitrogen functional groups attached to an aromatic ring is 1. The van der Waals surface area contributed by atoms with E-state index in [1.165, 1.54) is 6.07 Å². The summed E-state index contributed by atoms with van der Waals surface area (Å²) in [6.45, 7) is 0. The van der Waals surface area contributed by atoms with Gasteiger partial charge in [-0.3, -0.25) is 0 Å². The van der Waals surface area contributed by atoms with E-state index < -0.39 is 0 Å². The molecule has 4 nitrogen and oxygen atoms in total. The van der Waals surface area contributed by atoms with Crippen molar-refractivity contribution in [3.05, 3.63) is 44.4 Å². The van der Waals surface area contributed by atoms with Gasteiger partial charge in [0.15, 0.2) is 5.82 Å². The van der Waals surface area contributed by atoms with Crippen molar-refractivity contribution >= 4 is 52.2 Å². The standard InChI is InChI=1S/C11H7Cl4N3O/c12-5-1-2-6(13)9(3-5)19-11-8(15)4-7(14)10(17-11)18-16/h1-4H,16H2,(H,17,18). The summed E-state index contributed by atoms with van der Waals surface area (Å²) in [5, 5.41) is 1.35. The maximum absolute atomic E-state index is 5.98. The van der Waals surface area contributed by atoms with E-state index in [-0.39, 0.29) is 21.7 Å². The van der Waals surface area contributed by atoms with Gasteiger partial charge in [-0.15, -0.1) is 0 Å². The maximum Gasteiger partial charge on any atom is 0.240 e. The van der Waals surface area contributed by atoms with Gasteiger partial charge >= 0.3 is 0 Å². The monoisotopic (exact) mass is 337 g/mol. The largest absolute Gasteiger partial charge is 0.436 e. The molecule has 8 heteroatoms. The van der Waals surface area contributed by atoms with Gasteiger partial charge in [-0.05, 0) is 18.2 Å². The molecular formula is C11H7Cl4N3O. The van der Waals surface area contributed by atoms with Gasteiger partial charge in [0.1, 0.15) is 10.8 Å². The Morgan fingerprint density at radius 3 is 2.42 bits per heavy atom. The van der Waals surface area contributed by atoms with Gasteiger partial charge in [0.05, 0.1) is 10.0 Å². The van der Waals surface area contributed by atoms with Gasteiger partial charge in [-0.25, -0.2) is 5.84 Å². The Hall–Kier alpha value is -0.910. The highest BCUT2D eigenvalue weighted by atomic mass is 35.5. The minimum Gasteiger partial charge on any atom is -0.436 e. The van der Waals surface area contributed by atoms with Gasteiger partial charge in [-0.1, -0.05) is 46.4 Å². The smallest absolute Gasteiger partial charge is 0.240 e. The third-order valence-corrected chi connectivity index (χ3v) is 3.24. The summed E-state index contributed by atoms with van der Waals surface area (Å²) in [7, 11) is 0. The molecule has 0 radical (unpaired) electrons. The predicted octanol–water partition coefficient (Wildman–Crippen LogP) is 4.77. The fourth-order valence-electron chi connectivity index (χ4n) is 1.28. The molecule has 0 unspecified atom stereocenters. The van der Waals surface area contributed by atoms with E-state index in [4.69, 9.17) is 57.0 Å². The fraction of sp³-hybridized carbons (Fsp3) is 0. The molecule has 0 saturated heterocycles. The van der Waals surface area contributed by atoms with E-state index in [1.54, 1.807) is 18.2 Å². The van der Waals surface area contributed by atoms with E-state index in [0.29, 0.717) is 15.8 Å². The first kappa shape index (κ1) is 14.5. The Labute approximate surface area is 129 Å². The number of rotatable bonds is 3. The Balaban J connectivity index is 2.40. The van der Waals surface area contributed by atoms with E-state index in [2.05, 4.69) is 10.4 Å². The van der Waals surface area contributed by atoms with Crippen LogP contribution in [0.2, 0.25) is 20.1 Å². The summed E-state index contributed by atoms with van der Waals surface area (Å²) in [5.74, 6) is 5.95. The molecule has 0 fully saturated rings. The fourth-order valence-corrected chi connectivity index (χ4v) is 2.05. The molecule has 1 aromatic heterocycles. The van der Waals surface area contributed by atoms with Crippen LogP contribution in [0.4, 0.5) is 5.82 Å². The highest BCUT2D eigenvalue weighted by Crippen LogP contribution is 2.36. The molecule has 0 saturated carbocycles. The molecule has 0 aliphatic heterocycles. The topological polar surface area (TPSA) is 60.2 Å². The predicted molar refractivity (Wildman–Crippen MR) is 78.6 cm³/mol. The number of hydrogen-bond donors (Lipinski definition) is 2. The second-order valence-corrected chi connectivity index (χ2v) is 5.08. The quantitative estimate of drug-likeness (QED) is 0.625. The van der Waals surface area contributed by atoms with Gasteiger partial charge < -0.3 is 10.2 Å². The molecule has 2 aromatic rings. The number of anilines is 1. The molecule has 0 atom stereocenters. The van der Waals surface area contributed by atoms with Crippen molar-refractivity contribution in [1.82, 2.24) is 4.98 Å². The highest BCUT2D eigenvalue weighted by Gasteiger charge is 2.12. The van der Waals surface area contributed by atoms with Crippen LogP contribution < -0.4 is 16.0 Å². The maximum atomic E-state index is 5.98. The first-order chi connectivity index (χ1) is 9.01. The Bertz CT molecular complexity index is 621. The van der Waals surface area contributed by atoms with Gasteiger partial charge in [-0.2, -0.15) is 4.98 Å². The van der Waals surface area contributed by atoms with Crippen LogP contribution in [0, 0.1) is 0 Å². The number of hydrogen-bond acceptors (Lipinski definition) is 4. The van der Waals surface area contributed by atoms with Crippen LogP contribution in [-0.2, 0) is 0 Å². The zero-order valence-electron chi connectivity index (χ0n) is 9.25. The molecule has 0 spiro atoms. The SMILES string of the molecule is NNc1nc(Oc2cc(Cl)ccc2Cl)c(Cl)cc1Cl. The number of halogens is 4. The number of pyridine rings is 1. The summed E-state index contributed by atoms with van der Waals surface area (Å²) in [4.78, 5) is 4.03. The molecule has 19 heavy (non-hydrogen) atoms. The number of nitrogens with zero attached hydrogens (tertiary/aromatic N) is 1. The molecule has 3 N–H and O–H groups in total. The molecule has 0 aliphatic carbocycles. The Morgan fingerprint density at radius 2 is 1.74 bits per heavy atom. The second-order valence-electron chi connectivity index (χ2n) is 3.43. The number of ether oxygens (including phenoxy) is 1. The molecular weight excluding hydrogens is 332 g/mol. The third-order valence-electron chi connectivity index (χ3n) is 2.13. The first-order valence-corrected chi connectivity index (χ1v) is 6.48. The normalized spacial score (nSPS) is 10.4. The second kappa shape index (κ2) is 6.03. The van der Waals surface area contributed by atoms with Crippen molar-refractivity contribution in [2.75, 3.05) is 5.43 Å². The molecule has 1 aromatic carbocycles. The number of benzene rings is 1. The highest BCUT2D eigenvalue weighted by molar-refractivity contribution is 6.37. The van der Waals surface area contributed by atoms with Crippen LogP contribution in [0.3, 0.4) is 0 Å². The van der Waals surface area contributed by atoms with Crippen molar-refractivity contribution in [2.45, 2.75) is 0 Å². The van der Waals surface area contributed by atoms with Crippen LogP contribution in [0.5, 0.6) is 11.6 Å². The zero-order valence-corrected chi connectivity index (χ0v) is 12.3. The summed E-state index contributed by atoms with van der Waals surface area (Å²) < 4.78 is 5.50. The number of hydrazine groups is 1. The van der Waals surface area contributed by atoms with Crippen LogP contribution in [0.25, 0.3) is 0 Å². The van der Waals surface area contributed by atoms with E-state index >= 15 is 0 Å². The lowest BCUT2D eigenvalue weighted by Crippen LogP contribution is -2.09. The van der Waals surface area contributed by atoms with Crippen LogP contribution >= 0.6 is 46.4 Å². The van der Waals surface area contributed by atoms with Gasteiger partial charge in [0.25, 0.3) is 0 Å². The average Bonchev–Trinajstić information content (AvgIpc) is 2.37. The van der Waals surface area contributed by atoms with Crippen LogP contribution in [-0.4, -0.2) is 4.98 Å². The molecule has 0 aliphatic rings. The lowest BCUT2D eigenvalue weighted by Gasteiger charge is -2.11. The van der Waals surface area contributed by atoms with E-state index in [9.17, 15) is 0 Å². The van der Waals surface area contributed by atoms with Crippen LogP contribution in [0.15, 0.2) is 24.3 Å². The van der Waals surface area contributed by atoms with Crippen molar-refractivity contribution in [2.24, 2.45) is 5.84 Å². The lowest BCUT2D eigenvalue weighted by molar-refractivity contribution is 0.464. The number of nitrogens with one attached hydrogen (secondary N) is 1. The summed E-state index contributed by atoms with van der Waals surface area (Å²) in [6, 6.07) is 6.25. The molecule has 0 bridgehead atoms. The lowest BCUT2D eigenvalue weighted by atomic mass is 10.3.